The number of benzene rings is 3. The van der Waals surface area contributed by atoms with Crippen LogP contribution in [0.3, 0.4) is 0 Å². The molecule has 8 nitrogen and oxygen atoms in total. The Bertz CT molecular complexity index is 1370. The number of carbonyl (C=O) groups excluding carboxylic acids is 3. The maximum Gasteiger partial charge on any atom is 0.255 e. The smallest absolute Gasteiger partial charge is 0.255 e. The fourth-order valence-corrected chi connectivity index (χ4v) is 5.51. The van der Waals surface area contributed by atoms with Crippen LogP contribution < -0.4 is 21.3 Å². The van der Waals surface area contributed by atoms with Crippen LogP contribution in [0.1, 0.15) is 63.2 Å². The zero-order valence-corrected chi connectivity index (χ0v) is 23.0. The van der Waals surface area contributed by atoms with Gasteiger partial charge >= 0.3 is 0 Å². The van der Waals surface area contributed by atoms with E-state index in [1.807, 2.05) is 41.3 Å². The molecule has 0 atom stereocenters. The van der Waals surface area contributed by atoms with Crippen molar-refractivity contribution in [3.05, 3.63) is 95.3 Å². The minimum atomic E-state index is -0.427. The fraction of sp³-hybridized carbons (Fsp3) is 0.344. The summed E-state index contributed by atoms with van der Waals surface area (Å²) in [7, 11) is 0. The first-order valence-corrected chi connectivity index (χ1v) is 14.2. The number of nitrogens with zero attached hydrogens (tertiary/aromatic N) is 2. The molecule has 1 saturated heterocycles. The third-order valence-electron chi connectivity index (χ3n) is 7.86. The summed E-state index contributed by atoms with van der Waals surface area (Å²) < 4.78 is 13.5. The number of hydrogen-bond donors (Lipinski definition) is 3. The highest BCUT2D eigenvalue weighted by molar-refractivity contribution is 6.07. The molecule has 41 heavy (non-hydrogen) atoms. The van der Waals surface area contributed by atoms with Crippen LogP contribution in [-0.4, -0.2) is 60.9 Å². The Morgan fingerprint density at radius 1 is 0.756 bits per heavy atom. The molecule has 4 N–H and O–H groups in total. The molecule has 214 valence electrons. The van der Waals surface area contributed by atoms with Gasteiger partial charge in [-0.2, -0.15) is 0 Å². The van der Waals surface area contributed by atoms with Gasteiger partial charge in [-0.05, 0) is 86.7 Å². The number of carbonyl (C=O) groups is 3. The van der Waals surface area contributed by atoms with Gasteiger partial charge in [0.15, 0.2) is 0 Å². The van der Waals surface area contributed by atoms with E-state index in [-0.39, 0.29) is 23.9 Å². The average Bonchev–Trinajstić information content (AvgIpc) is 3.25. The average molecular weight is 558 g/mol. The van der Waals surface area contributed by atoms with Gasteiger partial charge in [-0.25, -0.2) is 4.39 Å². The topological polar surface area (TPSA) is 108 Å². The Kier molecular flexibility index (Phi) is 8.94. The normalized spacial score (nSPS) is 19.3. The lowest BCUT2D eigenvalue weighted by Gasteiger charge is -2.28. The molecule has 3 amide bonds. The lowest BCUT2D eigenvalue weighted by atomic mass is 9.91. The standard InChI is InChI=1S/C32H36FN5O3/c33-25-10-7-22(8-11-25)30(39)36-28-21-24(31(40)35-27-14-12-26(34)13-15-27)9-16-29(28)37-17-4-18-38(20-19-37)32(41)23-5-2-1-3-6-23/h1-3,5-11,16,21,26-27H,4,12-15,17-20,34H2,(H,35,40)(H,36,39). The summed E-state index contributed by atoms with van der Waals surface area (Å²) in [5.41, 5.74) is 8.66. The van der Waals surface area contributed by atoms with Crippen LogP contribution in [0.5, 0.6) is 0 Å². The largest absolute Gasteiger partial charge is 0.368 e. The van der Waals surface area contributed by atoms with Crippen LogP contribution in [0.2, 0.25) is 0 Å². The van der Waals surface area contributed by atoms with Gasteiger partial charge < -0.3 is 26.2 Å². The summed E-state index contributed by atoms with van der Waals surface area (Å²) >= 11 is 0. The van der Waals surface area contributed by atoms with Crippen LogP contribution in [0.15, 0.2) is 72.8 Å². The van der Waals surface area contributed by atoms with Crippen LogP contribution in [0.25, 0.3) is 0 Å². The number of rotatable bonds is 6. The zero-order valence-electron chi connectivity index (χ0n) is 23.0. The van der Waals surface area contributed by atoms with Crippen molar-refractivity contribution < 1.29 is 18.8 Å². The molecule has 0 radical (unpaired) electrons. The number of hydrogen-bond acceptors (Lipinski definition) is 5. The summed E-state index contributed by atoms with van der Waals surface area (Å²) in [5.74, 6) is -1.04. The zero-order chi connectivity index (χ0) is 28.8. The predicted octanol–water partition coefficient (Wildman–Crippen LogP) is 4.43. The van der Waals surface area contributed by atoms with E-state index in [1.54, 1.807) is 12.1 Å². The highest BCUT2D eigenvalue weighted by Gasteiger charge is 2.24. The molecule has 3 aromatic carbocycles. The van der Waals surface area contributed by atoms with Crippen molar-refractivity contribution in [2.24, 2.45) is 5.73 Å². The monoisotopic (exact) mass is 557 g/mol. The van der Waals surface area contributed by atoms with Crippen LogP contribution in [0, 0.1) is 5.82 Å². The van der Waals surface area contributed by atoms with Gasteiger partial charge in [-0.3, -0.25) is 14.4 Å². The fourth-order valence-electron chi connectivity index (χ4n) is 5.51. The van der Waals surface area contributed by atoms with Gasteiger partial charge in [0.05, 0.1) is 11.4 Å². The van der Waals surface area contributed by atoms with Crippen molar-refractivity contribution in [2.75, 3.05) is 36.4 Å². The van der Waals surface area contributed by atoms with Crippen molar-refractivity contribution in [3.63, 3.8) is 0 Å². The minimum Gasteiger partial charge on any atom is -0.368 e. The summed E-state index contributed by atoms with van der Waals surface area (Å²) in [4.78, 5) is 43.4. The second-order valence-corrected chi connectivity index (χ2v) is 10.8. The van der Waals surface area contributed by atoms with Crippen molar-refractivity contribution >= 4 is 29.1 Å². The molecule has 5 rings (SSSR count). The van der Waals surface area contributed by atoms with Gasteiger partial charge in [-0.1, -0.05) is 18.2 Å². The maximum atomic E-state index is 13.5. The van der Waals surface area contributed by atoms with Gasteiger partial charge in [0, 0.05) is 55.0 Å². The van der Waals surface area contributed by atoms with Crippen molar-refractivity contribution in [2.45, 2.75) is 44.2 Å². The predicted molar refractivity (Wildman–Crippen MR) is 158 cm³/mol. The van der Waals surface area contributed by atoms with Gasteiger partial charge in [0.2, 0.25) is 0 Å². The van der Waals surface area contributed by atoms with Crippen molar-refractivity contribution in [3.8, 4) is 0 Å². The Morgan fingerprint density at radius 2 is 1.46 bits per heavy atom. The molecular formula is C32H36FN5O3. The van der Waals surface area contributed by atoms with E-state index < -0.39 is 11.7 Å². The summed E-state index contributed by atoms with van der Waals surface area (Å²) in [6, 6.07) is 20.1. The first kappa shape index (κ1) is 28.3. The molecular weight excluding hydrogens is 521 g/mol. The molecule has 0 spiro atoms. The first-order valence-electron chi connectivity index (χ1n) is 14.2. The first-order chi connectivity index (χ1) is 19.9. The van der Waals surface area contributed by atoms with E-state index in [0.717, 1.165) is 37.8 Å². The lowest BCUT2D eigenvalue weighted by Crippen LogP contribution is -2.40. The number of amides is 3. The van der Waals surface area contributed by atoms with Crippen molar-refractivity contribution in [1.82, 2.24) is 10.2 Å². The molecule has 2 fully saturated rings. The number of nitrogens with two attached hydrogens (primary N) is 1. The number of halogens is 1. The quantitative estimate of drug-likeness (QED) is 0.416. The Balaban J connectivity index is 1.36. The summed E-state index contributed by atoms with van der Waals surface area (Å²) in [5, 5.41) is 6.06. The number of nitrogens with one attached hydrogen (secondary N) is 2. The maximum absolute atomic E-state index is 13.5. The Morgan fingerprint density at radius 3 is 2.20 bits per heavy atom. The third-order valence-corrected chi connectivity index (χ3v) is 7.86. The SMILES string of the molecule is NC1CCC(NC(=O)c2ccc(N3CCCN(C(=O)c4ccccc4)CC3)c(NC(=O)c3ccc(F)cc3)c2)CC1. The van der Waals surface area contributed by atoms with E-state index in [1.165, 1.54) is 24.3 Å². The molecule has 1 saturated carbocycles. The van der Waals surface area contributed by atoms with E-state index in [4.69, 9.17) is 5.73 Å². The minimum absolute atomic E-state index is 0.00651. The third kappa shape index (κ3) is 7.10. The summed E-state index contributed by atoms with van der Waals surface area (Å²) in [6.45, 7) is 2.37. The van der Waals surface area contributed by atoms with Crippen LogP contribution in [0.4, 0.5) is 15.8 Å². The van der Waals surface area contributed by atoms with E-state index in [9.17, 15) is 18.8 Å². The molecule has 9 heteroatoms. The highest BCUT2D eigenvalue weighted by Crippen LogP contribution is 2.30. The van der Waals surface area contributed by atoms with E-state index in [2.05, 4.69) is 15.5 Å². The molecule has 1 heterocycles. The van der Waals surface area contributed by atoms with Crippen LogP contribution >= 0.6 is 0 Å². The van der Waals surface area contributed by atoms with E-state index in [0.29, 0.717) is 48.6 Å². The lowest BCUT2D eigenvalue weighted by molar-refractivity contribution is 0.0766. The second-order valence-electron chi connectivity index (χ2n) is 10.8. The van der Waals surface area contributed by atoms with Crippen molar-refractivity contribution in [1.29, 1.82) is 0 Å². The Hall–Kier alpha value is -4.24. The van der Waals surface area contributed by atoms with Gasteiger partial charge in [0.1, 0.15) is 5.82 Å². The molecule has 0 bridgehead atoms. The van der Waals surface area contributed by atoms with E-state index >= 15 is 0 Å². The summed E-state index contributed by atoms with van der Waals surface area (Å²) in [6.07, 6.45) is 4.18. The molecule has 2 aliphatic rings. The van der Waals surface area contributed by atoms with Crippen LogP contribution in [-0.2, 0) is 0 Å². The van der Waals surface area contributed by atoms with Gasteiger partial charge in [-0.15, -0.1) is 0 Å². The second kappa shape index (κ2) is 13.0. The van der Waals surface area contributed by atoms with Gasteiger partial charge in [0.25, 0.3) is 17.7 Å². The molecule has 0 aromatic heterocycles. The number of anilines is 2. The molecule has 3 aromatic rings. The molecule has 1 aliphatic heterocycles. The molecule has 0 unspecified atom stereocenters. The highest BCUT2D eigenvalue weighted by atomic mass is 19.1. The Labute approximate surface area is 239 Å². The molecule has 1 aliphatic carbocycles.